The van der Waals surface area contributed by atoms with Crippen molar-refractivity contribution in [2.24, 2.45) is 0 Å². The monoisotopic (exact) mass is 270 g/mol. The summed E-state index contributed by atoms with van der Waals surface area (Å²) in [5.41, 5.74) is 4.22. The Kier molecular flexibility index (Phi) is 3.52. The number of carbonyl (C=O) groups excluding carboxylic acids is 1. The first-order chi connectivity index (χ1) is 9.76. The quantitative estimate of drug-likeness (QED) is 0.797. The number of H-pyrrole nitrogens is 1. The maximum atomic E-state index is 12.2. The Labute approximate surface area is 117 Å². The number of benzene rings is 1. The molecule has 3 N–H and O–H groups in total. The number of nitrogens with one attached hydrogen (secondary N) is 3. The Morgan fingerprint density at radius 1 is 1.35 bits per heavy atom. The number of aromatic nitrogens is 2. The number of anilines is 1. The van der Waals surface area contributed by atoms with Crippen LogP contribution in [0.4, 0.5) is 5.82 Å². The average Bonchev–Trinajstić information content (AvgIpc) is 2.94. The predicted molar refractivity (Wildman–Crippen MR) is 77.8 cm³/mol. The molecule has 0 spiro atoms. The van der Waals surface area contributed by atoms with Crippen molar-refractivity contribution in [3.05, 3.63) is 46.6 Å². The molecule has 0 atom stereocenters. The van der Waals surface area contributed by atoms with E-state index >= 15 is 0 Å². The summed E-state index contributed by atoms with van der Waals surface area (Å²) in [4.78, 5) is 12.2. The van der Waals surface area contributed by atoms with Crippen LogP contribution >= 0.6 is 0 Å². The highest BCUT2D eigenvalue weighted by Gasteiger charge is 2.13. The third-order valence-electron chi connectivity index (χ3n) is 3.61. The summed E-state index contributed by atoms with van der Waals surface area (Å²) in [6, 6.07) is 7.75. The lowest BCUT2D eigenvalue weighted by atomic mass is 9.98. The standard InChI is InChI=1S/C15H18N4O/c1-2-13-8-14(19-18-13)17-15(20)11-4-3-10-5-6-16-9-12(10)7-11/h3-4,7-8,16H,2,5-6,9H2,1H3,(H2,17,18,19,20). The van der Waals surface area contributed by atoms with Crippen LogP contribution in [-0.2, 0) is 19.4 Å². The molecule has 0 bridgehead atoms. The van der Waals surface area contributed by atoms with Gasteiger partial charge in [0.05, 0.1) is 0 Å². The molecule has 0 saturated heterocycles. The van der Waals surface area contributed by atoms with Gasteiger partial charge >= 0.3 is 0 Å². The minimum absolute atomic E-state index is 0.118. The molecule has 5 heteroatoms. The minimum atomic E-state index is -0.118. The summed E-state index contributed by atoms with van der Waals surface area (Å²) < 4.78 is 0. The van der Waals surface area contributed by atoms with Crippen LogP contribution in [0, 0.1) is 0 Å². The van der Waals surface area contributed by atoms with Gasteiger partial charge in [0.1, 0.15) is 0 Å². The minimum Gasteiger partial charge on any atom is -0.312 e. The Balaban J connectivity index is 1.76. The Bertz CT molecular complexity index is 633. The molecule has 1 aromatic carbocycles. The highest BCUT2D eigenvalue weighted by atomic mass is 16.1. The van der Waals surface area contributed by atoms with Crippen LogP contribution in [0.1, 0.15) is 34.1 Å². The zero-order chi connectivity index (χ0) is 13.9. The fourth-order valence-electron chi connectivity index (χ4n) is 2.42. The van der Waals surface area contributed by atoms with Crippen molar-refractivity contribution in [1.82, 2.24) is 15.5 Å². The maximum Gasteiger partial charge on any atom is 0.256 e. The van der Waals surface area contributed by atoms with Gasteiger partial charge in [-0.15, -0.1) is 0 Å². The second-order valence-electron chi connectivity index (χ2n) is 5.00. The van der Waals surface area contributed by atoms with Gasteiger partial charge in [-0.05, 0) is 42.6 Å². The number of hydrogen-bond donors (Lipinski definition) is 3. The molecule has 0 unspecified atom stereocenters. The number of nitrogens with zero attached hydrogens (tertiary/aromatic N) is 1. The molecule has 1 amide bonds. The molecule has 5 nitrogen and oxygen atoms in total. The van der Waals surface area contributed by atoms with Crippen molar-refractivity contribution in [2.75, 3.05) is 11.9 Å². The van der Waals surface area contributed by atoms with Crippen LogP contribution in [0.3, 0.4) is 0 Å². The topological polar surface area (TPSA) is 69.8 Å². The van der Waals surface area contributed by atoms with Gasteiger partial charge in [0.15, 0.2) is 5.82 Å². The lowest BCUT2D eigenvalue weighted by Gasteiger charge is -2.17. The van der Waals surface area contributed by atoms with E-state index in [1.165, 1.54) is 11.1 Å². The predicted octanol–water partition coefficient (Wildman–Crippen LogP) is 1.87. The van der Waals surface area contributed by atoms with Crippen molar-refractivity contribution < 1.29 is 4.79 Å². The maximum absolute atomic E-state index is 12.2. The van der Waals surface area contributed by atoms with E-state index in [2.05, 4.69) is 20.8 Å². The molecule has 1 aromatic heterocycles. The van der Waals surface area contributed by atoms with Crippen LogP contribution < -0.4 is 10.6 Å². The molecule has 20 heavy (non-hydrogen) atoms. The average molecular weight is 270 g/mol. The molecule has 1 aliphatic heterocycles. The van der Waals surface area contributed by atoms with Crippen molar-refractivity contribution in [2.45, 2.75) is 26.3 Å². The van der Waals surface area contributed by atoms with Crippen LogP contribution in [0.15, 0.2) is 24.3 Å². The Morgan fingerprint density at radius 2 is 2.25 bits per heavy atom. The molecular weight excluding hydrogens is 252 g/mol. The van der Waals surface area contributed by atoms with E-state index in [4.69, 9.17) is 0 Å². The Hall–Kier alpha value is -2.14. The van der Waals surface area contributed by atoms with E-state index in [-0.39, 0.29) is 5.91 Å². The van der Waals surface area contributed by atoms with E-state index < -0.39 is 0 Å². The highest BCUT2D eigenvalue weighted by molar-refractivity contribution is 6.03. The molecule has 0 fully saturated rings. The van der Waals surface area contributed by atoms with E-state index in [0.717, 1.165) is 31.6 Å². The molecule has 2 heterocycles. The first-order valence-corrected chi connectivity index (χ1v) is 6.94. The molecule has 1 aliphatic rings. The van der Waals surface area contributed by atoms with Gasteiger partial charge in [-0.25, -0.2) is 0 Å². The summed E-state index contributed by atoms with van der Waals surface area (Å²) in [5, 5.41) is 13.1. The second kappa shape index (κ2) is 5.46. The summed E-state index contributed by atoms with van der Waals surface area (Å²) >= 11 is 0. The Morgan fingerprint density at radius 3 is 3.05 bits per heavy atom. The normalized spacial score (nSPS) is 13.8. The summed E-state index contributed by atoms with van der Waals surface area (Å²) in [6.45, 7) is 3.88. The van der Waals surface area contributed by atoms with Gasteiger partial charge in [-0.3, -0.25) is 9.89 Å². The van der Waals surface area contributed by atoms with Gasteiger partial charge in [-0.2, -0.15) is 5.10 Å². The van der Waals surface area contributed by atoms with Gasteiger partial charge in [0, 0.05) is 23.9 Å². The van der Waals surface area contributed by atoms with Gasteiger partial charge < -0.3 is 10.6 Å². The van der Waals surface area contributed by atoms with E-state index in [1.54, 1.807) is 0 Å². The number of amides is 1. The van der Waals surface area contributed by atoms with Crippen molar-refractivity contribution >= 4 is 11.7 Å². The van der Waals surface area contributed by atoms with Crippen molar-refractivity contribution in [1.29, 1.82) is 0 Å². The van der Waals surface area contributed by atoms with Gasteiger partial charge in [0.25, 0.3) is 5.91 Å². The number of carbonyl (C=O) groups is 1. The zero-order valence-electron chi connectivity index (χ0n) is 11.5. The highest BCUT2D eigenvalue weighted by Crippen LogP contribution is 2.17. The third kappa shape index (κ3) is 2.58. The first-order valence-electron chi connectivity index (χ1n) is 6.94. The van der Waals surface area contributed by atoms with E-state index in [9.17, 15) is 4.79 Å². The fraction of sp³-hybridized carbons (Fsp3) is 0.333. The first kappa shape index (κ1) is 12.9. The smallest absolute Gasteiger partial charge is 0.256 e. The molecule has 0 radical (unpaired) electrons. The summed E-state index contributed by atoms with van der Waals surface area (Å²) in [5.74, 6) is 0.454. The lowest BCUT2D eigenvalue weighted by molar-refractivity contribution is 0.102. The summed E-state index contributed by atoms with van der Waals surface area (Å²) in [6.07, 6.45) is 1.89. The molecule has 104 valence electrons. The molecule has 0 saturated carbocycles. The molecule has 3 rings (SSSR count). The van der Waals surface area contributed by atoms with Gasteiger partial charge in [0.2, 0.25) is 0 Å². The lowest BCUT2D eigenvalue weighted by Crippen LogP contribution is -2.24. The SMILES string of the molecule is CCc1cc(NC(=O)c2ccc3c(c2)CNCC3)n[nH]1. The molecule has 0 aliphatic carbocycles. The largest absolute Gasteiger partial charge is 0.312 e. The number of rotatable bonds is 3. The fourth-order valence-corrected chi connectivity index (χ4v) is 2.42. The second-order valence-corrected chi connectivity index (χ2v) is 5.00. The van der Waals surface area contributed by atoms with Crippen LogP contribution in [0.25, 0.3) is 0 Å². The number of fused-ring (bicyclic) bond motifs is 1. The molecule has 2 aromatic rings. The van der Waals surface area contributed by atoms with Crippen molar-refractivity contribution in [3.8, 4) is 0 Å². The number of hydrogen-bond acceptors (Lipinski definition) is 3. The van der Waals surface area contributed by atoms with Gasteiger partial charge in [-0.1, -0.05) is 13.0 Å². The molecular formula is C15H18N4O. The number of aryl methyl sites for hydroxylation is 1. The van der Waals surface area contributed by atoms with Crippen LogP contribution in [-0.4, -0.2) is 22.6 Å². The zero-order valence-corrected chi connectivity index (χ0v) is 11.5. The van der Waals surface area contributed by atoms with E-state index in [1.807, 2.05) is 31.2 Å². The number of aromatic amines is 1. The third-order valence-corrected chi connectivity index (χ3v) is 3.61. The van der Waals surface area contributed by atoms with Crippen LogP contribution in [0.2, 0.25) is 0 Å². The summed E-state index contributed by atoms with van der Waals surface area (Å²) in [7, 11) is 0. The van der Waals surface area contributed by atoms with E-state index in [0.29, 0.717) is 11.4 Å². The van der Waals surface area contributed by atoms with Crippen LogP contribution in [0.5, 0.6) is 0 Å². The van der Waals surface area contributed by atoms with Crippen molar-refractivity contribution in [3.63, 3.8) is 0 Å².